The highest BCUT2D eigenvalue weighted by atomic mass is 32.2. The summed E-state index contributed by atoms with van der Waals surface area (Å²) in [5.74, 6) is -2.17. The smallest absolute Gasteiger partial charge is 0.175 e. The minimum absolute atomic E-state index is 0.261. The van der Waals surface area contributed by atoms with Crippen molar-refractivity contribution >= 4 is 15.5 Å². The lowest BCUT2D eigenvalue weighted by Gasteiger charge is -2.12. The third-order valence-corrected chi connectivity index (χ3v) is 3.26. The molecule has 18 heavy (non-hydrogen) atoms. The van der Waals surface area contributed by atoms with Crippen molar-refractivity contribution in [2.24, 2.45) is 0 Å². The van der Waals surface area contributed by atoms with Crippen LogP contribution in [0.3, 0.4) is 0 Å². The number of anilines is 1. The minimum Gasteiger partial charge on any atom is -0.394 e. The molecule has 1 unspecified atom stereocenters. The van der Waals surface area contributed by atoms with E-state index in [4.69, 9.17) is 10.2 Å². The molecular formula is C10H13F2NO4S. The monoisotopic (exact) mass is 281 g/mol. The third-order valence-electron chi connectivity index (χ3n) is 2.17. The minimum atomic E-state index is -3.70. The summed E-state index contributed by atoms with van der Waals surface area (Å²) in [6.45, 7) is -0.819. The van der Waals surface area contributed by atoms with Crippen molar-refractivity contribution in [3.8, 4) is 0 Å². The highest BCUT2D eigenvalue weighted by Gasteiger charge is 2.16. The zero-order valence-electron chi connectivity index (χ0n) is 9.52. The zero-order valence-corrected chi connectivity index (χ0v) is 10.3. The van der Waals surface area contributed by atoms with Crippen molar-refractivity contribution < 1.29 is 27.4 Å². The summed E-state index contributed by atoms with van der Waals surface area (Å²) in [6, 6.07) is 1.37. The topological polar surface area (TPSA) is 86.6 Å². The molecule has 1 aromatic rings. The Morgan fingerprint density at radius 3 is 2.22 bits per heavy atom. The molecule has 0 bridgehead atoms. The fourth-order valence-electron chi connectivity index (χ4n) is 1.22. The molecule has 0 spiro atoms. The van der Waals surface area contributed by atoms with Gasteiger partial charge in [-0.25, -0.2) is 17.2 Å². The summed E-state index contributed by atoms with van der Waals surface area (Å²) >= 11 is 0. The lowest BCUT2D eigenvalue weighted by atomic mass is 10.2. The van der Waals surface area contributed by atoms with Crippen LogP contribution in [0.25, 0.3) is 0 Å². The molecule has 0 amide bonds. The highest BCUT2D eigenvalue weighted by Crippen LogP contribution is 2.23. The third kappa shape index (κ3) is 3.62. The first-order valence-electron chi connectivity index (χ1n) is 4.97. The number of nitrogens with one attached hydrogen (secondary N) is 1. The lowest BCUT2D eigenvalue weighted by Crippen LogP contribution is -2.24. The van der Waals surface area contributed by atoms with Gasteiger partial charge in [-0.2, -0.15) is 0 Å². The van der Waals surface area contributed by atoms with Crippen LogP contribution in [-0.2, 0) is 9.84 Å². The van der Waals surface area contributed by atoms with E-state index < -0.39 is 44.8 Å². The predicted molar refractivity (Wildman–Crippen MR) is 61.1 cm³/mol. The summed E-state index contributed by atoms with van der Waals surface area (Å²) in [4.78, 5) is -0.467. The van der Waals surface area contributed by atoms with Crippen LogP contribution in [-0.4, -0.2) is 44.1 Å². The summed E-state index contributed by atoms with van der Waals surface area (Å²) in [5.41, 5.74) is -0.546. The van der Waals surface area contributed by atoms with E-state index in [2.05, 4.69) is 5.32 Å². The maximum absolute atomic E-state index is 13.5. The summed E-state index contributed by atoms with van der Waals surface area (Å²) in [5, 5.41) is 19.8. The molecule has 0 fully saturated rings. The fraction of sp³-hybridized carbons (Fsp3) is 0.400. The van der Waals surface area contributed by atoms with Crippen molar-refractivity contribution in [1.29, 1.82) is 0 Å². The first kappa shape index (κ1) is 14.8. The van der Waals surface area contributed by atoms with Gasteiger partial charge in [-0.05, 0) is 12.1 Å². The van der Waals surface area contributed by atoms with E-state index in [1.54, 1.807) is 0 Å². The second-order valence-electron chi connectivity index (χ2n) is 3.75. The van der Waals surface area contributed by atoms with Crippen LogP contribution in [0.1, 0.15) is 0 Å². The van der Waals surface area contributed by atoms with E-state index >= 15 is 0 Å². The van der Waals surface area contributed by atoms with Crippen molar-refractivity contribution in [3.05, 3.63) is 23.8 Å². The van der Waals surface area contributed by atoms with Crippen LogP contribution in [0.4, 0.5) is 14.5 Å². The van der Waals surface area contributed by atoms with Crippen LogP contribution in [0.5, 0.6) is 0 Å². The Bertz CT molecular complexity index is 510. The molecule has 0 aliphatic carbocycles. The Morgan fingerprint density at radius 1 is 1.33 bits per heavy atom. The van der Waals surface area contributed by atoms with Gasteiger partial charge in [0.2, 0.25) is 0 Å². The van der Waals surface area contributed by atoms with E-state index in [1.165, 1.54) is 0 Å². The van der Waals surface area contributed by atoms with Crippen LogP contribution in [0.2, 0.25) is 0 Å². The molecule has 8 heteroatoms. The molecule has 1 aromatic carbocycles. The molecule has 1 atom stereocenters. The SMILES string of the molecule is CS(=O)(=O)c1cc(F)c(NCC(O)CO)c(F)c1. The van der Waals surface area contributed by atoms with E-state index in [0.29, 0.717) is 12.1 Å². The Kier molecular flexibility index (Phi) is 4.60. The maximum atomic E-state index is 13.5. The Hall–Kier alpha value is -1.25. The Morgan fingerprint density at radius 2 is 1.83 bits per heavy atom. The van der Waals surface area contributed by atoms with E-state index in [-0.39, 0.29) is 6.54 Å². The van der Waals surface area contributed by atoms with E-state index in [9.17, 15) is 17.2 Å². The number of sulfone groups is 1. The van der Waals surface area contributed by atoms with Gasteiger partial charge >= 0.3 is 0 Å². The molecule has 0 aromatic heterocycles. The van der Waals surface area contributed by atoms with Crippen LogP contribution in [0, 0.1) is 11.6 Å². The first-order chi connectivity index (χ1) is 8.25. The van der Waals surface area contributed by atoms with Crippen molar-refractivity contribution in [1.82, 2.24) is 0 Å². The van der Waals surface area contributed by atoms with Gasteiger partial charge in [0.25, 0.3) is 0 Å². The number of hydrogen-bond donors (Lipinski definition) is 3. The molecular weight excluding hydrogens is 268 g/mol. The van der Waals surface area contributed by atoms with E-state index in [1.807, 2.05) is 0 Å². The van der Waals surface area contributed by atoms with Crippen molar-refractivity contribution in [2.45, 2.75) is 11.0 Å². The molecule has 0 saturated carbocycles. The Balaban J connectivity index is 3.02. The summed E-state index contributed by atoms with van der Waals surface area (Å²) < 4.78 is 49.2. The lowest BCUT2D eigenvalue weighted by molar-refractivity contribution is 0.105. The summed E-state index contributed by atoms with van der Waals surface area (Å²) in [6.07, 6.45) is -0.331. The van der Waals surface area contributed by atoms with Gasteiger partial charge in [0.15, 0.2) is 21.5 Å². The largest absolute Gasteiger partial charge is 0.394 e. The number of halogens is 2. The maximum Gasteiger partial charge on any atom is 0.175 e. The molecule has 5 nitrogen and oxygen atoms in total. The normalized spacial score (nSPS) is 13.4. The molecule has 3 N–H and O–H groups in total. The molecule has 102 valence electrons. The second-order valence-corrected chi connectivity index (χ2v) is 5.77. The highest BCUT2D eigenvalue weighted by molar-refractivity contribution is 7.90. The number of hydrogen-bond acceptors (Lipinski definition) is 5. The fourth-order valence-corrected chi connectivity index (χ4v) is 1.85. The number of aliphatic hydroxyl groups is 2. The molecule has 0 saturated heterocycles. The predicted octanol–water partition coefficient (Wildman–Crippen LogP) is 0.133. The van der Waals surface area contributed by atoms with Crippen LogP contribution >= 0.6 is 0 Å². The van der Waals surface area contributed by atoms with Gasteiger partial charge < -0.3 is 15.5 Å². The second kappa shape index (κ2) is 5.59. The molecule has 0 aliphatic heterocycles. The van der Waals surface area contributed by atoms with Gasteiger partial charge in [-0.15, -0.1) is 0 Å². The van der Waals surface area contributed by atoms with Gasteiger partial charge in [-0.3, -0.25) is 0 Å². The average molecular weight is 281 g/mol. The first-order valence-corrected chi connectivity index (χ1v) is 6.86. The van der Waals surface area contributed by atoms with Gasteiger partial charge in [0, 0.05) is 12.8 Å². The number of rotatable bonds is 5. The average Bonchev–Trinajstić information content (AvgIpc) is 2.26. The molecule has 0 heterocycles. The van der Waals surface area contributed by atoms with Gasteiger partial charge in [0.1, 0.15) is 5.69 Å². The zero-order chi connectivity index (χ0) is 13.9. The van der Waals surface area contributed by atoms with Crippen LogP contribution in [0.15, 0.2) is 17.0 Å². The molecule has 0 radical (unpaired) electrons. The molecule has 1 rings (SSSR count). The molecule has 0 aliphatic rings. The van der Waals surface area contributed by atoms with Crippen molar-refractivity contribution in [2.75, 3.05) is 24.7 Å². The number of aliphatic hydroxyl groups excluding tert-OH is 2. The standard InChI is InChI=1S/C10H13F2NO4S/c1-18(16,17)7-2-8(11)10(9(12)3-7)13-4-6(15)5-14/h2-3,6,13-15H,4-5H2,1H3. The van der Waals surface area contributed by atoms with E-state index in [0.717, 1.165) is 6.26 Å². The summed E-state index contributed by atoms with van der Waals surface area (Å²) in [7, 11) is -3.70. The van der Waals surface area contributed by atoms with Crippen molar-refractivity contribution in [3.63, 3.8) is 0 Å². The van der Waals surface area contributed by atoms with Crippen LogP contribution < -0.4 is 5.32 Å². The number of benzene rings is 1. The van der Waals surface area contributed by atoms with Gasteiger partial charge in [-0.1, -0.05) is 0 Å². The quantitative estimate of drug-likeness (QED) is 0.714. The Labute approximate surface area is 103 Å². The van der Waals surface area contributed by atoms with Gasteiger partial charge in [0.05, 0.1) is 17.6 Å².